The molecule has 0 aromatic heterocycles. The van der Waals surface area contributed by atoms with Crippen molar-refractivity contribution in [3.8, 4) is 5.75 Å². The summed E-state index contributed by atoms with van der Waals surface area (Å²) in [6, 6.07) is 15.7. The second kappa shape index (κ2) is 6.83. The lowest BCUT2D eigenvalue weighted by Gasteiger charge is -2.27. The van der Waals surface area contributed by atoms with Gasteiger partial charge in [-0.25, -0.2) is 4.79 Å². The third-order valence-corrected chi connectivity index (χ3v) is 4.18. The number of carbonyl (C=O) groups is 1. The molecule has 0 aliphatic carbocycles. The normalized spacial score (nSPS) is 16.3. The molecule has 0 radical (unpaired) electrons. The molecule has 1 unspecified atom stereocenters. The Hall–Kier alpha value is -2.01. The first-order valence-corrected chi connectivity index (χ1v) is 8.06. The van der Waals surface area contributed by atoms with Crippen molar-refractivity contribution < 1.29 is 9.53 Å². The van der Waals surface area contributed by atoms with Gasteiger partial charge in [-0.2, -0.15) is 0 Å². The number of amides is 1. The van der Waals surface area contributed by atoms with E-state index in [1.807, 2.05) is 18.2 Å². The fourth-order valence-electron chi connectivity index (χ4n) is 2.51. The summed E-state index contributed by atoms with van der Waals surface area (Å²) < 4.78 is 6.18. The highest BCUT2D eigenvalue weighted by atomic mass is 79.9. The molecule has 0 saturated heterocycles. The molecule has 5 heteroatoms. The molecule has 1 amide bonds. The van der Waals surface area contributed by atoms with E-state index in [9.17, 15) is 4.79 Å². The monoisotopic (exact) mass is 360 g/mol. The van der Waals surface area contributed by atoms with Gasteiger partial charge in [0.1, 0.15) is 5.75 Å². The maximum absolute atomic E-state index is 11.8. The van der Waals surface area contributed by atoms with Crippen molar-refractivity contribution >= 4 is 27.7 Å². The predicted molar refractivity (Wildman–Crippen MR) is 90.3 cm³/mol. The molecule has 3 rings (SSSR count). The van der Waals surface area contributed by atoms with Gasteiger partial charge in [-0.15, -0.1) is 0 Å². The number of halogens is 1. The Morgan fingerprint density at radius 1 is 1.23 bits per heavy atom. The largest absolute Gasteiger partial charge is 0.412 e. The van der Waals surface area contributed by atoms with Crippen LogP contribution in [0.4, 0.5) is 10.5 Å². The lowest BCUT2D eigenvalue weighted by atomic mass is 9.98. The standard InChI is InChI=1S/C17H17BrN2O2/c18-13-6-9-15(10-7-13)22-17(21)19-11-14-8-5-12-3-1-2-4-16(12)20-14/h1-4,6-7,9-10,14,20H,5,8,11H2,(H,19,21). The molecule has 0 fully saturated rings. The van der Waals surface area contributed by atoms with Crippen LogP contribution < -0.4 is 15.4 Å². The van der Waals surface area contributed by atoms with Crippen molar-refractivity contribution in [2.45, 2.75) is 18.9 Å². The van der Waals surface area contributed by atoms with Gasteiger partial charge in [0.2, 0.25) is 0 Å². The molecule has 4 nitrogen and oxygen atoms in total. The molecule has 114 valence electrons. The summed E-state index contributed by atoms with van der Waals surface area (Å²) in [7, 11) is 0. The van der Waals surface area contributed by atoms with Crippen molar-refractivity contribution in [1.82, 2.24) is 5.32 Å². The Kier molecular flexibility index (Phi) is 4.63. The average molecular weight is 361 g/mol. The molecule has 0 spiro atoms. The van der Waals surface area contributed by atoms with E-state index in [2.05, 4.69) is 44.8 Å². The highest BCUT2D eigenvalue weighted by Gasteiger charge is 2.18. The van der Waals surface area contributed by atoms with Gasteiger partial charge in [0, 0.05) is 22.7 Å². The third-order valence-electron chi connectivity index (χ3n) is 3.66. The quantitative estimate of drug-likeness (QED) is 0.870. The summed E-state index contributed by atoms with van der Waals surface area (Å²) >= 11 is 3.34. The van der Waals surface area contributed by atoms with Gasteiger partial charge < -0.3 is 15.4 Å². The summed E-state index contributed by atoms with van der Waals surface area (Å²) in [4.78, 5) is 11.8. The van der Waals surface area contributed by atoms with E-state index in [-0.39, 0.29) is 6.04 Å². The van der Waals surface area contributed by atoms with Crippen molar-refractivity contribution in [2.24, 2.45) is 0 Å². The second-order valence-electron chi connectivity index (χ2n) is 5.26. The lowest BCUT2D eigenvalue weighted by Crippen LogP contribution is -2.39. The highest BCUT2D eigenvalue weighted by Crippen LogP contribution is 2.23. The first kappa shape index (κ1) is 14.9. The Morgan fingerprint density at radius 3 is 2.82 bits per heavy atom. The number of anilines is 1. The van der Waals surface area contributed by atoms with Crippen LogP contribution in [0.5, 0.6) is 5.75 Å². The highest BCUT2D eigenvalue weighted by molar-refractivity contribution is 9.10. The van der Waals surface area contributed by atoms with Crippen molar-refractivity contribution in [3.05, 3.63) is 58.6 Å². The van der Waals surface area contributed by atoms with Crippen molar-refractivity contribution in [2.75, 3.05) is 11.9 Å². The van der Waals surface area contributed by atoms with Crippen LogP contribution in [0.15, 0.2) is 53.0 Å². The van der Waals surface area contributed by atoms with Crippen molar-refractivity contribution in [1.29, 1.82) is 0 Å². The van der Waals surface area contributed by atoms with E-state index in [1.165, 1.54) is 5.56 Å². The van der Waals surface area contributed by atoms with Crippen LogP contribution in [0.1, 0.15) is 12.0 Å². The predicted octanol–water partition coefficient (Wildman–Crippen LogP) is 3.96. The number of aryl methyl sites for hydroxylation is 1. The third kappa shape index (κ3) is 3.80. The zero-order chi connectivity index (χ0) is 15.4. The Labute approximate surface area is 138 Å². The molecule has 22 heavy (non-hydrogen) atoms. The van der Waals surface area contributed by atoms with Crippen LogP contribution >= 0.6 is 15.9 Å². The molecule has 1 atom stereocenters. The van der Waals surface area contributed by atoms with Gasteiger partial charge in [-0.3, -0.25) is 0 Å². The molecule has 2 aromatic carbocycles. The first-order chi connectivity index (χ1) is 10.7. The summed E-state index contributed by atoms with van der Waals surface area (Å²) in [6.07, 6.45) is 1.59. The van der Waals surface area contributed by atoms with E-state index in [4.69, 9.17) is 4.74 Å². The van der Waals surface area contributed by atoms with E-state index in [1.54, 1.807) is 12.1 Å². The zero-order valence-electron chi connectivity index (χ0n) is 12.0. The molecule has 1 aliphatic rings. The van der Waals surface area contributed by atoms with E-state index in [0.29, 0.717) is 12.3 Å². The van der Waals surface area contributed by atoms with E-state index < -0.39 is 6.09 Å². The van der Waals surface area contributed by atoms with Crippen LogP contribution in [0.25, 0.3) is 0 Å². The minimum atomic E-state index is -0.428. The number of ether oxygens (including phenoxy) is 1. The molecule has 2 aromatic rings. The summed E-state index contributed by atoms with van der Waals surface area (Å²) in [5, 5.41) is 6.26. The number of hydrogen-bond donors (Lipinski definition) is 2. The van der Waals surface area contributed by atoms with Gasteiger partial charge in [-0.05, 0) is 48.7 Å². The molecule has 1 heterocycles. The number of nitrogens with one attached hydrogen (secondary N) is 2. The maximum atomic E-state index is 11.8. The number of fused-ring (bicyclic) bond motifs is 1. The zero-order valence-corrected chi connectivity index (χ0v) is 13.6. The fraction of sp³-hybridized carbons (Fsp3) is 0.235. The molecule has 0 saturated carbocycles. The smallest absolute Gasteiger partial charge is 0.410 e. The summed E-state index contributed by atoms with van der Waals surface area (Å²) in [5.41, 5.74) is 2.48. The number of carbonyl (C=O) groups excluding carboxylic acids is 1. The van der Waals surface area contributed by atoms with Gasteiger partial charge in [-0.1, -0.05) is 34.1 Å². The molecule has 1 aliphatic heterocycles. The first-order valence-electron chi connectivity index (χ1n) is 7.26. The minimum absolute atomic E-state index is 0.229. The number of rotatable bonds is 3. The fourth-order valence-corrected chi connectivity index (χ4v) is 2.77. The number of hydrogen-bond acceptors (Lipinski definition) is 3. The van der Waals surface area contributed by atoms with Gasteiger partial charge >= 0.3 is 6.09 Å². The topological polar surface area (TPSA) is 50.4 Å². The maximum Gasteiger partial charge on any atom is 0.412 e. The van der Waals surface area contributed by atoms with Crippen LogP contribution in [-0.2, 0) is 6.42 Å². The van der Waals surface area contributed by atoms with Crippen LogP contribution in [0, 0.1) is 0 Å². The molecular formula is C17H17BrN2O2. The lowest BCUT2D eigenvalue weighted by molar-refractivity contribution is 0.200. The Bertz CT molecular complexity index is 658. The van der Waals surface area contributed by atoms with E-state index >= 15 is 0 Å². The second-order valence-corrected chi connectivity index (χ2v) is 6.18. The summed E-state index contributed by atoms with van der Waals surface area (Å²) in [6.45, 7) is 0.545. The van der Waals surface area contributed by atoms with Gasteiger partial charge in [0.15, 0.2) is 0 Å². The minimum Gasteiger partial charge on any atom is -0.410 e. The van der Waals surface area contributed by atoms with Crippen LogP contribution in [0.2, 0.25) is 0 Å². The summed E-state index contributed by atoms with van der Waals surface area (Å²) in [5.74, 6) is 0.530. The average Bonchev–Trinajstić information content (AvgIpc) is 2.55. The molecule has 2 N–H and O–H groups in total. The Balaban J connectivity index is 1.49. The SMILES string of the molecule is O=C(NCC1CCc2ccccc2N1)Oc1ccc(Br)cc1. The van der Waals surface area contributed by atoms with Gasteiger partial charge in [0.05, 0.1) is 0 Å². The number of benzene rings is 2. The van der Waals surface area contributed by atoms with Crippen LogP contribution in [0.3, 0.4) is 0 Å². The number of para-hydroxylation sites is 1. The molecular weight excluding hydrogens is 344 g/mol. The molecule has 0 bridgehead atoms. The van der Waals surface area contributed by atoms with E-state index in [0.717, 1.165) is 23.0 Å². The van der Waals surface area contributed by atoms with Gasteiger partial charge in [0.25, 0.3) is 0 Å². The Morgan fingerprint density at radius 2 is 2.00 bits per heavy atom. The van der Waals surface area contributed by atoms with Crippen molar-refractivity contribution in [3.63, 3.8) is 0 Å². The van der Waals surface area contributed by atoms with Crippen LogP contribution in [-0.4, -0.2) is 18.7 Å².